The molecule has 0 unspecified atom stereocenters. The van der Waals surface area contributed by atoms with Crippen molar-refractivity contribution in [3.63, 3.8) is 0 Å². The Hall–Kier alpha value is -1.13. The van der Waals surface area contributed by atoms with Gasteiger partial charge < -0.3 is 15.3 Å². The fourth-order valence-corrected chi connectivity index (χ4v) is 2.58. The second-order valence-electron chi connectivity index (χ2n) is 5.16. The molecule has 106 valence electrons. The second kappa shape index (κ2) is 6.87. The van der Waals surface area contributed by atoms with Crippen LogP contribution >= 0.6 is 0 Å². The van der Waals surface area contributed by atoms with Crippen molar-refractivity contribution in [2.75, 3.05) is 31.1 Å². The van der Waals surface area contributed by atoms with Gasteiger partial charge >= 0.3 is 0 Å². The zero-order valence-corrected chi connectivity index (χ0v) is 11.5. The molecule has 0 amide bonds. The topological polar surface area (TPSA) is 35.5 Å². The Bertz CT molecular complexity index is 405. The highest BCUT2D eigenvalue weighted by molar-refractivity contribution is 5.49. The Labute approximate surface area is 114 Å². The van der Waals surface area contributed by atoms with E-state index in [9.17, 15) is 4.39 Å². The summed E-state index contributed by atoms with van der Waals surface area (Å²) < 4.78 is 14.2. The van der Waals surface area contributed by atoms with Crippen molar-refractivity contribution in [2.24, 2.45) is 0 Å². The third-order valence-electron chi connectivity index (χ3n) is 3.73. The van der Waals surface area contributed by atoms with Crippen molar-refractivity contribution in [3.8, 4) is 0 Å². The number of piperidine rings is 1. The fraction of sp³-hybridized carbons (Fsp3) is 0.600. The van der Waals surface area contributed by atoms with Gasteiger partial charge in [0.15, 0.2) is 0 Å². The van der Waals surface area contributed by atoms with Gasteiger partial charge in [0.1, 0.15) is 5.82 Å². The van der Waals surface area contributed by atoms with Crippen LogP contribution in [0.5, 0.6) is 0 Å². The molecule has 2 N–H and O–H groups in total. The van der Waals surface area contributed by atoms with Crippen molar-refractivity contribution in [2.45, 2.75) is 32.2 Å². The van der Waals surface area contributed by atoms with Gasteiger partial charge in [0.05, 0.1) is 12.3 Å². The normalized spacial score (nSPS) is 17.5. The van der Waals surface area contributed by atoms with E-state index < -0.39 is 0 Å². The van der Waals surface area contributed by atoms with E-state index in [0.29, 0.717) is 6.54 Å². The number of hydrogen-bond donors (Lipinski definition) is 2. The van der Waals surface area contributed by atoms with E-state index in [4.69, 9.17) is 5.11 Å². The average Bonchev–Trinajstić information content (AvgIpc) is 2.45. The molecule has 1 saturated heterocycles. The van der Waals surface area contributed by atoms with Gasteiger partial charge in [-0.3, -0.25) is 0 Å². The molecule has 4 heteroatoms. The minimum atomic E-state index is -0.142. The maximum Gasteiger partial charge on any atom is 0.146 e. The van der Waals surface area contributed by atoms with Crippen LogP contribution in [0.15, 0.2) is 18.2 Å². The highest BCUT2D eigenvalue weighted by atomic mass is 19.1. The van der Waals surface area contributed by atoms with Gasteiger partial charge in [0, 0.05) is 25.7 Å². The fourth-order valence-electron chi connectivity index (χ4n) is 2.58. The molecular weight excluding hydrogens is 243 g/mol. The number of benzene rings is 1. The summed E-state index contributed by atoms with van der Waals surface area (Å²) in [5.41, 5.74) is 1.64. The Morgan fingerprint density at radius 3 is 2.68 bits per heavy atom. The predicted octanol–water partition coefficient (Wildman–Crippen LogP) is 2.46. The molecule has 1 aliphatic heterocycles. The van der Waals surface area contributed by atoms with Crippen LogP contribution < -0.4 is 10.2 Å². The van der Waals surface area contributed by atoms with Crippen LogP contribution in [0.1, 0.15) is 37.8 Å². The summed E-state index contributed by atoms with van der Waals surface area (Å²) in [5.74, 6) is -0.142. The lowest BCUT2D eigenvalue weighted by atomic mass is 10.1. The minimum absolute atomic E-state index is 0.0528. The van der Waals surface area contributed by atoms with Crippen LogP contribution in [-0.2, 0) is 0 Å². The molecular formula is C15H23FN2O. The molecule has 0 aromatic heterocycles. The van der Waals surface area contributed by atoms with E-state index in [1.54, 1.807) is 6.07 Å². The minimum Gasteiger partial charge on any atom is -0.395 e. The summed E-state index contributed by atoms with van der Waals surface area (Å²) in [4.78, 5) is 2.13. The first kappa shape index (κ1) is 14.3. The van der Waals surface area contributed by atoms with Crippen LogP contribution in [0.25, 0.3) is 0 Å². The van der Waals surface area contributed by atoms with Crippen LogP contribution in [-0.4, -0.2) is 31.3 Å². The van der Waals surface area contributed by atoms with E-state index in [1.165, 1.54) is 6.42 Å². The first-order valence-electron chi connectivity index (χ1n) is 7.11. The molecule has 1 aliphatic rings. The predicted molar refractivity (Wildman–Crippen MR) is 76.0 cm³/mol. The highest BCUT2D eigenvalue weighted by Crippen LogP contribution is 2.26. The van der Waals surface area contributed by atoms with Gasteiger partial charge in [0.2, 0.25) is 0 Å². The van der Waals surface area contributed by atoms with Gasteiger partial charge in [-0.05, 0) is 43.9 Å². The zero-order chi connectivity index (χ0) is 13.7. The number of anilines is 1. The summed E-state index contributed by atoms with van der Waals surface area (Å²) >= 11 is 0. The van der Waals surface area contributed by atoms with Crippen molar-refractivity contribution in [3.05, 3.63) is 29.6 Å². The van der Waals surface area contributed by atoms with Crippen LogP contribution in [0, 0.1) is 5.82 Å². The number of rotatable bonds is 5. The van der Waals surface area contributed by atoms with Crippen molar-refractivity contribution in [1.82, 2.24) is 5.32 Å². The smallest absolute Gasteiger partial charge is 0.146 e. The van der Waals surface area contributed by atoms with Gasteiger partial charge in [-0.25, -0.2) is 4.39 Å². The van der Waals surface area contributed by atoms with Gasteiger partial charge in [-0.15, -0.1) is 0 Å². The van der Waals surface area contributed by atoms with Crippen LogP contribution in [0.4, 0.5) is 10.1 Å². The monoisotopic (exact) mass is 266 g/mol. The lowest BCUT2D eigenvalue weighted by Crippen LogP contribution is -2.30. The van der Waals surface area contributed by atoms with Gasteiger partial charge in [-0.2, -0.15) is 0 Å². The number of hydrogen-bond acceptors (Lipinski definition) is 3. The highest BCUT2D eigenvalue weighted by Gasteiger charge is 2.16. The summed E-state index contributed by atoms with van der Waals surface area (Å²) in [6, 6.07) is 5.52. The van der Waals surface area contributed by atoms with Crippen LogP contribution in [0.2, 0.25) is 0 Å². The summed E-state index contributed by atoms with van der Waals surface area (Å²) in [6.45, 7) is 4.50. The largest absolute Gasteiger partial charge is 0.395 e. The molecule has 1 heterocycles. The number of nitrogens with zero attached hydrogens (tertiary/aromatic N) is 1. The number of aliphatic hydroxyl groups excluding tert-OH is 1. The molecule has 0 aliphatic carbocycles. The Balaban J connectivity index is 2.07. The summed E-state index contributed by atoms with van der Waals surface area (Å²) in [6.07, 6.45) is 3.55. The van der Waals surface area contributed by atoms with E-state index >= 15 is 0 Å². The van der Waals surface area contributed by atoms with E-state index in [1.807, 2.05) is 19.1 Å². The number of nitrogens with one attached hydrogen (secondary N) is 1. The molecule has 1 aromatic carbocycles. The van der Waals surface area contributed by atoms with Crippen molar-refractivity contribution < 1.29 is 9.50 Å². The third kappa shape index (κ3) is 3.67. The molecule has 0 saturated carbocycles. The molecule has 0 spiro atoms. The SMILES string of the molecule is C[C@H](NCCO)c1ccc(N2CCCCC2)c(F)c1. The van der Waals surface area contributed by atoms with Crippen LogP contribution in [0.3, 0.4) is 0 Å². The first-order chi connectivity index (χ1) is 9.22. The first-order valence-corrected chi connectivity index (χ1v) is 7.11. The molecule has 2 rings (SSSR count). The number of aliphatic hydroxyl groups is 1. The molecule has 0 radical (unpaired) electrons. The zero-order valence-electron chi connectivity index (χ0n) is 11.5. The van der Waals surface area contributed by atoms with Gasteiger partial charge in [0.25, 0.3) is 0 Å². The molecule has 3 nitrogen and oxygen atoms in total. The third-order valence-corrected chi connectivity index (χ3v) is 3.73. The van der Waals surface area contributed by atoms with Crippen molar-refractivity contribution in [1.29, 1.82) is 0 Å². The number of halogens is 1. The van der Waals surface area contributed by atoms with Gasteiger partial charge in [-0.1, -0.05) is 6.07 Å². The summed E-state index contributed by atoms with van der Waals surface area (Å²) in [5, 5.41) is 11.9. The molecule has 1 atom stereocenters. The van der Waals surface area contributed by atoms with E-state index in [-0.39, 0.29) is 18.5 Å². The molecule has 1 fully saturated rings. The quantitative estimate of drug-likeness (QED) is 0.859. The molecule has 1 aromatic rings. The molecule has 0 bridgehead atoms. The van der Waals surface area contributed by atoms with E-state index in [2.05, 4.69) is 10.2 Å². The maximum atomic E-state index is 14.2. The standard InChI is InChI=1S/C15H23FN2O/c1-12(17-7-10-19)13-5-6-15(14(16)11-13)18-8-3-2-4-9-18/h5-6,11-12,17,19H,2-4,7-10H2,1H3/t12-/m0/s1. The Morgan fingerprint density at radius 2 is 2.05 bits per heavy atom. The molecule has 19 heavy (non-hydrogen) atoms. The lowest BCUT2D eigenvalue weighted by Gasteiger charge is -2.29. The average molecular weight is 266 g/mol. The van der Waals surface area contributed by atoms with E-state index in [0.717, 1.165) is 37.2 Å². The van der Waals surface area contributed by atoms with Crippen molar-refractivity contribution >= 4 is 5.69 Å². The lowest BCUT2D eigenvalue weighted by molar-refractivity contribution is 0.286. The Morgan fingerprint density at radius 1 is 1.32 bits per heavy atom. The summed E-state index contributed by atoms with van der Waals surface area (Å²) in [7, 11) is 0. The maximum absolute atomic E-state index is 14.2. The Kier molecular flexibility index (Phi) is 5.16. The second-order valence-corrected chi connectivity index (χ2v) is 5.16.